The van der Waals surface area contributed by atoms with E-state index >= 15 is 0 Å². The molecule has 0 radical (unpaired) electrons. The summed E-state index contributed by atoms with van der Waals surface area (Å²) in [4.78, 5) is 12.0. The topological polar surface area (TPSA) is 41.1 Å². The van der Waals surface area contributed by atoms with Crippen molar-refractivity contribution in [2.75, 3.05) is 13.1 Å². The van der Waals surface area contributed by atoms with Crippen LogP contribution in [0.4, 0.5) is 0 Å². The van der Waals surface area contributed by atoms with Crippen LogP contribution >= 0.6 is 0 Å². The molecule has 0 spiro atoms. The van der Waals surface area contributed by atoms with E-state index in [1.54, 1.807) is 0 Å². The van der Waals surface area contributed by atoms with Crippen molar-refractivity contribution in [1.82, 2.24) is 10.6 Å². The maximum Gasteiger partial charge on any atom is 0.220 e. The Labute approximate surface area is 105 Å². The number of carbonyl (C=O) groups is 1. The second-order valence-corrected chi connectivity index (χ2v) is 5.99. The highest BCUT2D eigenvalue weighted by Gasteiger charge is 2.31. The number of hydrogen-bond donors (Lipinski definition) is 2. The Kier molecular flexibility index (Phi) is 4.43. The van der Waals surface area contributed by atoms with Crippen LogP contribution in [0.5, 0.6) is 0 Å². The molecular formula is C14H26N2O. The first-order chi connectivity index (χ1) is 8.16. The molecule has 2 N–H and O–H groups in total. The second-order valence-electron chi connectivity index (χ2n) is 5.99. The third kappa shape index (κ3) is 3.44. The van der Waals surface area contributed by atoms with Gasteiger partial charge in [0.05, 0.1) is 0 Å². The minimum Gasteiger partial charge on any atom is -0.353 e. The van der Waals surface area contributed by atoms with Gasteiger partial charge in [-0.2, -0.15) is 0 Å². The summed E-state index contributed by atoms with van der Waals surface area (Å²) in [5.74, 6) is 2.29. The van der Waals surface area contributed by atoms with E-state index in [4.69, 9.17) is 0 Å². The van der Waals surface area contributed by atoms with Gasteiger partial charge < -0.3 is 10.6 Å². The maximum absolute atomic E-state index is 12.0. The van der Waals surface area contributed by atoms with E-state index in [1.807, 2.05) is 0 Å². The van der Waals surface area contributed by atoms with Crippen molar-refractivity contribution in [3.63, 3.8) is 0 Å². The van der Waals surface area contributed by atoms with E-state index in [0.29, 0.717) is 17.9 Å². The van der Waals surface area contributed by atoms with E-state index in [9.17, 15) is 4.79 Å². The lowest BCUT2D eigenvalue weighted by Crippen LogP contribution is -2.39. The summed E-state index contributed by atoms with van der Waals surface area (Å²) in [6.07, 6.45) is 5.48. The highest BCUT2D eigenvalue weighted by Crippen LogP contribution is 2.31. The summed E-state index contributed by atoms with van der Waals surface area (Å²) in [6, 6.07) is 0.430. The average Bonchev–Trinajstić information content (AvgIpc) is 2.62. The van der Waals surface area contributed by atoms with Crippen molar-refractivity contribution in [2.24, 2.45) is 17.8 Å². The van der Waals surface area contributed by atoms with E-state index in [2.05, 4.69) is 24.5 Å². The largest absolute Gasteiger partial charge is 0.353 e. The molecule has 1 aliphatic carbocycles. The summed E-state index contributed by atoms with van der Waals surface area (Å²) in [6.45, 7) is 6.72. The van der Waals surface area contributed by atoms with Crippen LogP contribution in [0.1, 0.15) is 46.0 Å². The van der Waals surface area contributed by atoms with E-state index in [1.165, 1.54) is 12.8 Å². The predicted molar refractivity (Wildman–Crippen MR) is 69.7 cm³/mol. The zero-order valence-electron chi connectivity index (χ0n) is 11.2. The van der Waals surface area contributed by atoms with Gasteiger partial charge in [-0.05, 0) is 56.5 Å². The van der Waals surface area contributed by atoms with Gasteiger partial charge in [-0.3, -0.25) is 4.79 Å². The number of hydrogen-bond acceptors (Lipinski definition) is 2. The molecule has 3 unspecified atom stereocenters. The van der Waals surface area contributed by atoms with Gasteiger partial charge in [0.2, 0.25) is 5.91 Å². The standard InChI is InChI=1S/C14H26N2O/c1-10-3-4-13(11(10)2)16-14(17)9-12-5-7-15-8-6-12/h10-13,15H,3-9H2,1-2H3,(H,16,17). The Morgan fingerprint density at radius 1 is 1.18 bits per heavy atom. The third-order valence-electron chi connectivity index (χ3n) is 4.74. The fourth-order valence-electron chi connectivity index (χ4n) is 3.18. The molecule has 3 atom stereocenters. The Morgan fingerprint density at radius 2 is 1.88 bits per heavy atom. The number of carbonyl (C=O) groups excluding carboxylic acids is 1. The van der Waals surface area contributed by atoms with Crippen molar-refractivity contribution in [3.8, 4) is 0 Å². The molecule has 0 bridgehead atoms. The normalized spacial score (nSPS) is 34.8. The highest BCUT2D eigenvalue weighted by molar-refractivity contribution is 5.76. The van der Waals surface area contributed by atoms with E-state index in [-0.39, 0.29) is 5.91 Å². The lowest BCUT2D eigenvalue weighted by Gasteiger charge is -2.24. The van der Waals surface area contributed by atoms with Gasteiger partial charge in [0.25, 0.3) is 0 Å². The molecule has 1 amide bonds. The molecule has 0 aromatic rings. The molecule has 0 aromatic carbocycles. The van der Waals surface area contributed by atoms with Gasteiger partial charge >= 0.3 is 0 Å². The van der Waals surface area contributed by atoms with Crippen LogP contribution in [0.3, 0.4) is 0 Å². The molecule has 17 heavy (non-hydrogen) atoms. The smallest absolute Gasteiger partial charge is 0.220 e. The van der Waals surface area contributed by atoms with Crippen LogP contribution in [0, 0.1) is 17.8 Å². The van der Waals surface area contributed by atoms with Crippen LogP contribution in [-0.2, 0) is 4.79 Å². The number of piperidine rings is 1. The molecule has 1 saturated carbocycles. The zero-order chi connectivity index (χ0) is 12.3. The summed E-state index contributed by atoms with van der Waals surface area (Å²) in [7, 11) is 0. The van der Waals surface area contributed by atoms with Crippen LogP contribution < -0.4 is 10.6 Å². The fourth-order valence-corrected chi connectivity index (χ4v) is 3.18. The van der Waals surface area contributed by atoms with Crippen LogP contribution in [-0.4, -0.2) is 25.0 Å². The molecule has 98 valence electrons. The molecule has 3 nitrogen and oxygen atoms in total. The summed E-state index contributed by atoms with van der Waals surface area (Å²) >= 11 is 0. The average molecular weight is 238 g/mol. The van der Waals surface area contributed by atoms with Gasteiger partial charge in [-0.15, -0.1) is 0 Å². The maximum atomic E-state index is 12.0. The summed E-state index contributed by atoms with van der Waals surface area (Å²) in [5, 5.41) is 6.59. The lowest BCUT2D eigenvalue weighted by atomic mass is 9.93. The third-order valence-corrected chi connectivity index (χ3v) is 4.74. The number of nitrogens with one attached hydrogen (secondary N) is 2. The first kappa shape index (κ1) is 12.9. The molecule has 1 saturated heterocycles. The van der Waals surface area contributed by atoms with Crippen LogP contribution in [0.15, 0.2) is 0 Å². The molecule has 1 heterocycles. The Bertz CT molecular complexity index is 261. The summed E-state index contributed by atoms with van der Waals surface area (Å²) in [5.41, 5.74) is 0. The Balaban J connectivity index is 1.73. The van der Waals surface area contributed by atoms with Crippen molar-refractivity contribution < 1.29 is 4.79 Å². The van der Waals surface area contributed by atoms with Gasteiger partial charge in [0.15, 0.2) is 0 Å². The Morgan fingerprint density at radius 3 is 2.47 bits per heavy atom. The minimum absolute atomic E-state index is 0.280. The number of rotatable bonds is 3. The molecule has 1 aliphatic heterocycles. The Hall–Kier alpha value is -0.570. The molecule has 3 heteroatoms. The zero-order valence-corrected chi connectivity index (χ0v) is 11.2. The first-order valence-electron chi connectivity index (χ1n) is 7.17. The number of amides is 1. The fraction of sp³-hybridized carbons (Fsp3) is 0.929. The SMILES string of the molecule is CC1CCC(NC(=O)CC2CCNCC2)C1C. The van der Waals surface area contributed by atoms with Crippen molar-refractivity contribution in [3.05, 3.63) is 0 Å². The van der Waals surface area contributed by atoms with Crippen molar-refractivity contribution in [1.29, 1.82) is 0 Å². The van der Waals surface area contributed by atoms with Gasteiger partial charge in [0, 0.05) is 12.5 Å². The highest BCUT2D eigenvalue weighted by atomic mass is 16.1. The van der Waals surface area contributed by atoms with Crippen LogP contribution in [0.25, 0.3) is 0 Å². The molecule has 2 rings (SSSR count). The molecular weight excluding hydrogens is 212 g/mol. The predicted octanol–water partition coefficient (Wildman–Crippen LogP) is 1.93. The molecule has 2 aliphatic rings. The molecule has 2 fully saturated rings. The van der Waals surface area contributed by atoms with Gasteiger partial charge in [-0.25, -0.2) is 0 Å². The van der Waals surface area contributed by atoms with Gasteiger partial charge in [0.1, 0.15) is 0 Å². The van der Waals surface area contributed by atoms with Crippen molar-refractivity contribution in [2.45, 2.75) is 52.0 Å². The summed E-state index contributed by atoms with van der Waals surface area (Å²) < 4.78 is 0. The first-order valence-corrected chi connectivity index (χ1v) is 7.17. The quantitative estimate of drug-likeness (QED) is 0.789. The van der Waals surface area contributed by atoms with Gasteiger partial charge in [-0.1, -0.05) is 13.8 Å². The minimum atomic E-state index is 0.280. The second kappa shape index (κ2) is 5.85. The lowest BCUT2D eigenvalue weighted by molar-refractivity contribution is -0.123. The van der Waals surface area contributed by atoms with E-state index < -0.39 is 0 Å². The monoisotopic (exact) mass is 238 g/mol. The van der Waals surface area contributed by atoms with Crippen LogP contribution in [0.2, 0.25) is 0 Å². The van der Waals surface area contributed by atoms with E-state index in [0.717, 1.165) is 38.3 Å². The van der Waals surface area contributed by atoms with Crippen molar-refractivity contribution >= 4 is 5.91 Å². The molecule has 0 aromatic heterocycles.